The summed E-state index contributed by atoms with van der Waals surface area (Å²) in [4.78, 5) is 8.35. The maximum Gasteiger partial charge on any atom is 0.228 e. The smallest absolute Gasteiger partial charge is 0.228 e. The average Bonchev–Trinajstić information content (AvgIpc) is 3.02. The molecular formula is C16H29N5O3. The quantitative estimate of drug-likeness (QED) is 0.392. The summed E-state index contributed by atoms with van der Waals surface area (Å²) >= 11 is 0. The molecular weight excluding hydrogens is 310 g/mol. The molecule has 8 nitrogen and oxygen atoms in total. The van der Waals surface area contributed by atoms with Crippen molar-refractivity contribution in [1.82, 2.24) is 20.8 Å². The molecule has 0 radical (unpaired) electrons. The van der Waals surface area contributed by atoms with Crippen LogP contribution in [0.3, 0.4) is 0 Å². The second kappa shape index (κ2) is 11.0. The highest BCUT2D eigenvalue weighted by Gasteiger charge is 2.13. The van der Waals surface area contributed by atoms with E-state index in [1.165, 1.54) is 0 Å². The van der Waals surface area contributed by atoms with Gasteiger partial charge >= 0.3 is 0 Å². The number of guanidine groups is 1. The second-order valence-electron chi connectivity index (χ2n) is 5.90. The molecule has 2 heterocycles. The second-order valence-corrected chi connectivity index (χ2v) is 5.90. The van der Waals surface area contributed by atoms with Gasteiger partial charge in [0, 0.05) is 53.0 Å². The number of ether oxygens (including phenoxy) is 2. The van der Waals surface area contributed by atoms with E-state index in [0.29, 0.717) is 30.6 Å². The minimum absolute atomic E-state index is 0.636. The third-order valence-electron chi connectivity index (χ3n) is 3.88. The molecule has 1 fully saturated rings. The molecule has 24 heavy (non-hydrogen) atoms. The molecule has 2 rings (SSSR count). The maximum atomic E-state index is 5.75. The van der Waals surface area contributed by atoms with Crippen LogP contribution in [0, 0.1) is 12.8 Å². The summed E-state index contributed by atoms with van der Waals surface area (Å²) < 4.78 is 16.2. The number of aromatic nitrogens is 2. The van der Waals surface area contributed by atoms with E-state index in [9.17, 15) is 0 Å². The van der Waals surface area contributed by atoms with Crippen LogP contribution < -0.4 is 10.6 Å². The van der Waals surface area contributed by atoms with E-state index in [0.717, 1.165) is 58.2 Å². The number of nitrogens with one attached hydrogen (secondary N) is 2. The van der Waals surface area contributed by atoms with E-state index in [1.807, 2.05) is 6.92 Å². The van der Waals surface area contributed by atoms with Crippen molar-refractivity contribution in [3.63, 3.8) is 0 Å². The Bertz CT molecular complexity index is 486. The fraction of sp³-hybridized carbons (Fsp3) is 0.812. The molecule has 1 aliphatic heterocycles. The summed E-state index contributed by atoms with van der Waals surface area (Å²) in [6, 6.07) is 0. The molecule has 0 atom stereocenters. The third kappa shape index (κ3) is 7.27. The summed E-state index contributed by atoms with van der Waals surface area (Å²) in [5.74, 6) is 2.73. The zero-order chi connectivity index (χ0) is 17.0. The van der Waals surface area contributed by atoms with Gasteiger partial charge in [0.2, 0.25) is 5.89 Å². The Hall–Kier alpha value is -1.67. The molecule has 0 bridgehead atoms. The zero-order valence-electron chi connectivity index (χ0n) is 14.7. The summed E-state index contributed by atoms with van der Waals surface area (Å²) in [7, 11) is 1.76. The van der Waals surface area contributed by atoms with Crippen LogP contribution >= 0.6 is 0 Å². The molecule has 2 N–H and O–H groups in total. The molecule has 1 aromatic rings. The van der Waals surface area contributed by atoms with Gasteiger partial charge in [-0.25, -0.2) is 0 Å². The lowest BCUT2D eigenvalue weighted by Crippen LogP contribution is -2.39. The molecule has 0 aliphatic carbocycles. The molecule has 0 spiro atoms. The van der Waals surface area contributed by atoms with Gasteiger partial charge in [-0.15, -0.1) is 0 Å². The van der Waals surface area contributed by atoms with E-state index < -0.39 is 0 Å². The van der Waals surface area contributed by atoms with Gasteiger partial charge in [-0.3, -0.25) is 4.99 Å². The summed E-state index contributed by atoms with van der Waals surface area (Å²) in [5.41, 5.74) is 0. The first kappa shape index (κ1) is 18.7. The molecule has 1 aromatic heterocycles. The first-order valence-electron chi connectivity index (χ1n) is 8.67. The minimum Gasteiger partial charge on any atom is -0.381 e. The average molecular weight is 339 g/mol. The fourth-order valence-electron chi connectivity index (χ4n) is 2.49. The number of aliphatic imine (C=N–C) groups is 1. The van der Waals surface area contributed by atoms with Crippen LogP contribution in [0.4, 0.5) is 0 Å². The standard InChI is InChI=1S/C16H29N5O3/c1-13-20-15(24-21-13)4-8-19-16(17-2)18-7-3-9-23-12-14-5-10-22-11-6-14/h14H,3-12H2,1-2H3,(H2,17,18,19). The van der Waals surface area contributed by atoms with Crippen molar-refractivity contribution in [2.75, 3.05) is 46.6 Å². The summed E-state index contributed by atoms with van der Waals surface area (Å²) in [6.07, 6.45) is 3.87. The van der Waals surface area contributed by atoms with Gasteiger partial charge in [-0.05, 0) is 32.1 Å². The van der Waals surface area contributed by atoms with Crippen LogP contribution in [-0.2, 0) is 15.9 Å². The van der Waals surface area contributed by atoms with Crippen LogP contribution in [0.15, 0.2) is 9.52 Å². The van der Waals surface area contributed by atoms with Gasteiger partial charge in [0.15, 0.2) is 11.8 Å². The Balaban J connectivity index is 1.47. The van der Waals surface area contributed by atoms with Gasteiger partial charge in [0.25, 0.3) is 0 Å². The Morgan fingerprint density at radius 1 is 1.29 bits per heavy atom. The van der Waals surface area contributed by atoms with Crippen molar-refractivity contribution in [2.45, 2.75) is 32.6 Å². The van der Waals surface area contributed by atoms with Crippen LogP contribution in [0.25, 0.3) is 0 Å². The highest BCUT2D eigenvalue weighted by Crippen LogP contribution is 2.14. The summed E-state index contributed by atoms with van der Waals surface area (Å²) in [5, 5.41) is 10.3. The van der Waals surface area contributed by atoms with E-state index in [2.05, 4.69) is 25.8 Å². The number of rotatable bonds is 9. The molecule has 0 saturated carbocycles. The Kier molecular flexibility index (Phi) is 8.54. The fourth-order valence-corrected chi connectivity index (χ4v) is 2.49. The van der Waals surface area contributed by atoms with Crippen LogP contribution in [0.1, 0.15) is 31.0 Å². The molecule has 1 saturated heterocycles. The van der Waals surface area contributed by atoms with E-state index in [1.54, 1.807) is 7.05 Å². The zero-order valence-corrected chi connectivity index (χ0v) is 14.7. The predicted octanol–water partition coefficient (Wildman–Crippen LogP) is 0.919. The SMILES string of the molecule is CN=C(NCCCOCC1CCOCC1)NCCc1nc(C)no1. The minimum atomic E-state index is 0.636. The lowest BCUT2D eigenvalue weighted by Gasteiger charge is -2.21. The third-order valence-corrected chi connectivity index (χ3v) is 3.88. The van der Waals surface area contributed by atoms with Crippen molar-refractivity contribution in [1.29, 1.82) is 0 Å². The largest absolute Gasteiger partial charge is 0.381 e. The number of hydrogen-bond acceptors (Lipinski definition) is 6. The Labute approximate surface area is 143 Å². The highest BCUT2D eigenvalue weighted by atomic mass is 16.5. The van der Waals surface area contributed by atoms with Crippen molar-refractivity contribution >= 4 is 5.96 Å². The van der Waals surface area contributed by atoms with Gasteiger partial charge < -0.3 is 24.6 Å². The summed E-state index contributed by atoms with van der Waals surface area (Å²) in [6.45, 7) is 6.70. The lowest BCUT2D eigenvalue weighted by molar-refractivity contribution is 0.0203. The monoisotopic (exact) mass is 339 g/mol. The predicted molar refractivity (Wildman–Crippen MR) is 91.1 cm³/mol. The van der Waals surface area contributed by atoms with Crippen molar-refractivity contribution in [2.24, 2.45) is 10.9 Å². The molecule has 0 aromatic carbocycles. The molecule has 8 heteroatoms. The van der Waals surface area contributed by atoms with Crippen LogP contribution in [0.2, 0.25) is 0 Å². The van der Waals surface area contributed by atoms with Crippen LogP contribution in [0.5, 0.6) is 0 Å². The van der Waals surface area contributed by atoms with Crippen LogP contribution in [-0.4, -0.2) is 62.7 Å². The molecule has 1 aliphatic rings. The van der Waals surface area contributed by atoms with Gasteiger partial charge in [-0.2, -0.15) is 4.98 Å². The molecule has 136 valence electrons. The first-order valence-corrected chi connectivity index (χ1v) is 8.67. The number of nitrogens with zero attached hydrogens (tertiary/aromatic N) is 3. The van der Waals surface area contributed by atoms with Crippen molar-refractivity contribution < 1.29 is 14.0 Å². The number of aryl methyl sites for hydroxylation is 1. The van der Waals surface area contributed by atoms with Gasteiger partial charge in [-0.1, -0.05) is 5.16 Å². The van der Waals surface area contributed by atoms with Gasteiger partial charge in [0.05, 0.1) is 0 Å². The molecule has 0 amide bonds. The topological polar surface area (TPSA) is 93.8 Å². The van der Waals surface area contributed by atoms with E-state index in [-0.39, 0.29) is 0 Å². The molecule has 0 unspecified atom stereocenters. The van der Waals surface area contributed by atoms with Crippen molar-refractivity contribution in [3.05, 3.63) is 11.7 Å². The van der Waals surface area contributed by atoms with Gasteiger partial charge in [0.1, 0.15) is 0 Å². The highest BCUT2D eigenvalue weighted by molar-refractivity contribution is 5.79. The van der Waals surface area contributed by atoms with E-state index >= 15 is 0 Å². The maximum absolute atomic E-state index is 5.75. The van der Waals surface area contributed by atoms with Crippen molar-refractivity contribution in [3.8, 4) is 0 Å². The lowest BCUT2D eigenvalue weighted by atomic mass is 10.0. The number of hydrogen-bond donors (Lipinski definition) is 2. The normalized spacial score (nSPS) is 16.3. The Morgan fingerprint density at radius 3 is 2.79 bits per heavy atom. The first-order chi connectivity index (χ1) is 11.8. The Morgan fingerprint density at radius 2 is 2.08 bits per heavy atom. The van der Waals surface area contributed by atoms with E-state index in [4.69, 9.17) is 14.0 Å².